The Hall–Kier alpha value is -2.05. The third-order valence-corrected chi connectivity index (χ3v) is 5.09. The summed E-state index contributed by atoms with van der Waals surface area (Å²) in [7, 11) is 0. The zero-order valence-corrected chi connectivity index (χ0v) is 13.8. The van der Waals surface area contributed by atoms with Gasteiger partial charge in [0.2, 0.25) is 0 Å². The van der Waals surface area contributed by atoms with Crippen LogP contribution in [0.5, 0.6) is 11.5 Å². The second kappa shape index (κ2) is 6.60. The van der Waals surface area contributed by atoms with Crippen molar-refractivity contribution in [2.24, 2.45) is 0 Å². The Kier molecular flexibility index (Phi) is 4.54. The van der Waals surface area contributed by atoms with Gasteiger partial charge in [-0.2, -0.15) is 11.3 Å². The summed E-state index contributed by atoms with van der Waals surface area (Å²) in [5.74, 6) is -0.414. The Morgan fingerprint density at radius 1 is 1.17 bits per heavy atom. The van der Waals surface area contributed by atoms with E-state index in [0.717, 1.165) is 13.1 Å². The van der Waals surface area contributed by atoms with E-state index in [1.54, 1.807) is 16.2 Å². The molecule has 3 rings (SSSR count). The van der Waals surface area contributed by atoms with Crippen molar-refractivity contribution < 1.29 is 15.0 Å². The molecular formula is C17H20N2O3S. The average Bonchev–Trinajstić information content (AvgIpc) is 3.08. The molecule has 122 valence electrons. The lowest BCUT2D eigenvalue weighted by molar-refractivity contribution is 0.0579. The molecule has 2 aromatic rings. The summed E-state index contributed by atoms with van der Waals surface area (Å²) in [6.07, 6.45) is 0. The van der Waals surface area contributed by atoms with Gasteiger partial charge in [0.25, 0.3) is 5.91 Å². The van der Waals surface area contributed by atoms with E-state index in [1.165, 1.54) is 23.8 Å². The fraction of sp³-hybridized carbons (Fsp3) is 0.353. The number of hydrogen-bond donors (Lipinski definition) is 2. The number of carbonyl (C=O) groups excluding carboxylic acids is 1. The Bertz CT molecular complexity index is 679. The number of piperazine rings is 1. The highest BCUT2D eigenvalue weighted by atomic mass is 32.1. The molecule has 0 bridgehead atoms. The van der Waals surface area contributed by atoms with Crippen LogP contribution in [0.4, 0.5) is 0 Å². The maximum Gasteiger partial charge on any atom is 0.257 e. The highest BCUT2D eigenvalue weighted by molar-refractivity contribution is 7.07. The summed E-state index contributed by atoms with van der Waals surface area (Å²) in [5, 5.41) is 23.4. The van der Waals surface area contributed by atoms with E-state index < -0.39 is 0 Å². The molecule has 0 radical (unpaired) electrons. The molecular weight excluding hydrogens is 312 g/mol. The second-order valence-electron chi connectivity index (χ2n) is 5.76. The monoisotopic (exact) mass is 332 g/mol. The fourth-order valence-electron chi connectivity index (χ4n) is 2.91. The lowest BCUT2D eigenvalue weighted by Crippen LogP contribution is -2.49. The van der Waals surface area contributed by atoms with E-state index in [1.807, 2.05) is 0 Å². The van der Waals surface area contributed by atoms with Crippen molar-refractivity contribution in [1.29, 1.82) is 0 Å². The minimum atomic E-state index is -0.190. The number of hydrogen-bond acceptors (Lipinski definition) is 5. The first-order chi connectivity index (χ1) is 11.1. The molecule has 1 amide bonds. The predicted octanol–water partition coefficient (Wildman–Crippen LogP) is 2.68. The summed E-state index contributed by atoms with van der Waals surface area (Å²) in [6, 6.07) is 6.57. The van der Waals surface area contributed by atoms with Gasteiger partial charge in [-0.05, 0) is 41.4 Å². The van der Waals surface area contributed by atoms with Crippen molar-refractivity contribution in [3.63, 3.8) is 0 Å². The van der Waals surface area contributed by atoms with Crippen molar-refractivity contribution in [3.05, 3.63) is 46.2 Å². The van der Waals surface area contributed by atoms with Gasteiger partial charge < -0.3 is 15.1 Å². The van der Waals surface area contributed by atoms with Crippen molar-refractivity contribution in [3.8, 4) is 11.5 Å². The summed E-state index contributed by atoms with van der Waals surface area (Å²) in [6.45, 7) is 5.07. The lowest BCUT2D eigenvalue weighted by Gasteiger charge is -2.38. The number of amides is 1. The molecule has 1 unspecified atom stereocenters. The first-order valence-electron chi connectivity index (χ1n) is 7.63. The molecule has 6 heteroatoms. The van der Waals surface area contributed by atoms with Gasteiger partial charge in [-0.1, -0.05) is 0 Å². The number of phenolic OH excluding ortho intramolecular Hbond substituents is 2. The number of benzene rings is 1. The SMILES string of the molecule is CC(c1ccsc1)N1CCN(C(=O)c2ccc(O)cc2O)CC1. The normalized spacial score (nSPS) is 17.2. The van der Waals surface area contributed by atoms with E-state index in [4.69, 9.17) is 0 Å². The van der Waals surface area contributed by atoms with Crippen molar-refractivity contribution >= 4 is 17.2 Å². The van der Waals surface area contributed by atoms with Crippen LogP contribution >= 0.6 is 11.3 Å². The number of phenols is 2. The predicted molar refractivity (Wildman–Crippen MR) is 90.0 cm³/mol. The molecule has 2 N–H and O–H groups in total. The summed E-state index contributed by atoms with van der Waals surface area (Å²) < 4.78 is 0. The van der Waals surface area contributed by atoms with Crippen molar-refractivity contribution in [2.75, 3.05) is 26.2 Å². The summed E-state index contributed by atoms with van der Waals surface area (Å²) >= 11 is 1.70. The quantitative estimate of drug-likeness (QED) is 0.907. The first-order valence-corrected chi connectivity index (χ1v) is 8.58. The number of nitrogens with zero attached hydrogens (tertiary/aromatic N) is 2. The molecule has 1 aromatic carbocycles. The number of aromatic hydroxyl groups is 2. The highest BCUT2D eigenvalue weighted by Crippen LogP contribution is 2.26. The summed E-state index contributed by atoms with van der Waals surface area (Å²) in [5.41, 5.74) is 1.55. The van der Waals surface area contributed by atoms with Gasteiger partial charge >= 0.3 is 0 Å². The molecule has 0 aliphatic carbocycles. The van der Waals surface area contributed by atoms with E-state index in [-0.39, 0.29) is 23.0 Å². The number of thiophene rings is 1. The molecule has 1 aliphatic heterocycles. The summed E-state index contributed by atoms with van der Waals surface area (Å²) in [4.78, 5) is 16.6. The molecule has 23 heavy (non-hydrogen) atoms. The molecule has 0 spiro atoms. The lowest BCUT2D eigenvalue weighted by atomic mass is 10.1. The van der Waals surface area contributed by atoms with Crippen LogP contribution in [0, 0.1) is 0 Å². The van der Waals surface area contributed by atoms with Crippen LogP contribution in [0.1, 0.15) is 28.9 Å². The van der Waals surface area contributed by atoms with Crippen LogP contribution in [0.25, 0.3) is 0 Å². The molecule has 1 aromatic heterocycles. The average molecular weight is 332 g/mol. The Balaban J connectivity index is 1.63. The van der Waals surface area contributed by atoms with Crippen LogP contribution in [0.3, 0.4) is 0 Å². The zero-order chi connectivity index (χ0) is 16.4. The van der Waals surface area contributed by atoms with E-state index in [2.05, 4.69) is 28.7 Å². The Morgan fingerprint density at radius 2 is 1.91 bits per heavy atom. The third kappa shape index (κ3) is 3.33. The second-order valence-corrected chi connectivity index (χ2v) is 6.54. The van der Waals surface area contributed by atoms with Gasteiger partial charge in [-0.3, -0.25) is 9.69 Å². The molecule has 5 nitrogen and oxygen atoms in total. The Labute approximate surface area is 139 Å². The first kappa shape index (κ1) is 15.8. The standard InChI is InChI=1S/C17H20N2O3S/c1-12(13-4-9-23-11-13)18-5-7-19(8-6-18)17(22)15-3-2-14(20)10-16(15)21/h2-4,9-12,20-21H,5-8H2,1H3. The van der Waals surface area contributed by atoms with Crippen molar-refractivity contribution in [1.82, 2.24) is 9.80 Å². The van der Waals surface area contributed by atoms with Gasteiger partial charge in [-0.15, -0.1) is 0 Å². The fourth-order valence-corrected chi connectivity index (χ4v) is 3.65. The molecule has 1 atom stereocenters. The largest absolute Gasteiger partial charge is 0.508 e. The highest BCUT2D eigenvalue weighted by Gasteiger charge is 2.26. The minimum Gasteiger partial charge on any atom is -0.508 e. The van der Waals surface area contributed by atoms with Crippen LogP contribution < -0.4 is 0 Å². The van der Waals surface area contributed by atoms with Gasteiger partial charge in [0, 0.05) is 38.3 Å². The van der Waals surface area contributed by atoms with Gasteiger partial charge in [-0.25, -0.2) is 0 Å². The van der Waals surface area contributed by atoms with Gasteiger partial charge in [0.15, 0.2) is 0 Å². The molecule has 1 aliphatic rings. The molecule has 2 heterocycles. The number of rotatable bonds is 3. The molecule has 1 saturated heterocycles. The van der Waals surface area contributed by atoms with E-state index in [9.17, 15) is 15.0 Å². The van der Waals surface area contributed by atoms with Gasteiger partial charge in [0.1, 0.15) is 11.5 Å². The third-order valence-electron chi connectivity index (χ3n) is 4.39. The van der Waals surface area contributed by atoms with Crippen LogP contribution in [0.15, 0.2) is 35.0 Å². The molecule has 1 fully saturated rings. The van der Waals surface area contributed by atoms with Crippen LogP contribution in [-0.2, 0) is 0 Å². The van der Waals surface area contributed by atoms with Crippen LogP contribution in [0.2, 0.25) is 0 Å². The van der Waals surface area contributed by atoms with Gasteiger partial charge in [0.05, 0.1) is 5.56 Å². The van der Waals surface area contributed by atoms with Crippen molar-refractivity contribution in [2.45, 2.75) is 13.0 Å². The minimum absolute atomic E-state index is 0.0477. The maximum absolute atomic E-state index is 12.5. The van der Waals surface area contributed by atoms with E-state index >= 15 is 0 Å². The molecule has 0 saturated carbocycles. The maximum atomic E-state index is 12.5. The topological polar surface area (TPSA) is 64.0 Å². The van der Waals surface area contributed by atoms with E-state index in [0.29, 0.717) is 19.1 Å². The number of carbonyl (C=O) groups is 1. The van der Waals surface area contributed by atoms with Crippen LogP contribution in [-0.4, -0.2) is 52.1 Å². The smallest absolute Gasteiger partial charge is 0.257 e. The Morgan fingerprint density at radius 3 is 2.52 bits per heavy atom. The zero-order valence-electron chi connectivity index (χ0n) is 13.0.